The lowest BCUT2D eigenvalue weighted by atomic mass is 10.1. The first kappa shape index (κ1) is 14.7. The smallest absolute Gasteiger partial charge is 0.244 e. The van der Waals surface area contributed by atoms with Crippen LogP contribution in [0.3, 0.4) is 0 Å². The summed E-state index contributed by atoms with van der Waals surface area (Å²) in [5.74, 6) is 1.66. The molecular weight excluding hydrogens is 254 g/mol. The van der Waals surface area contributed by atoms with Crippen LogP contribution in [0, 0.1) is 6.92 Å². The highest BCUT2D eigenvalue weighted by molar-refractivity contribution is 5.85. The van der Waals surface area contributed by atoms with Gasteiger partial charge in [0.25, 0.3) is 0 Å². The van der Waals surface area contributed by atoms with Gasteiger partial charge in [0.1, 0.15) is 17.7 Å². The lowest BCUT2D eigenvalue weighted by Crippen LogP contribution is -2.58. The Hall–Kier alpha value is -1.69. The van der Waals surface area contributed by atoms with Gasteiger partial charge in [-0.3, -0.25) is 4.79 Å². The minimum absolute atomic E-state index is 0.0500. The first-order chi connectivity index (χ1) is 9.65. The largest absolute Gasteiger partial charge is 0.355 e. The first-order valence-corrected chi connectivity index (χ1v) is 7.25. The molecule has 0 aromatic carbocycles. The molecule has 1 aromatic rings. The van der Waals surface area contributed by atoms with Crippen molar-refractivity contribution in [2.45, 2.75) is 33.2 Å². The van der Waals surface area contributed by atoms with Crippen LogP contribution in [0.15, 0.2) is 6.07 Å². The van der Waals surface area contributed by atoms with E-state index in [0.29, 0.717) is 13.1 Å². The van der Waals surface area contributed by atoms with E-state index in [9.17, 15) is 4.79 Å². The van der Waals surface area contributed by atoms with Crippen LogP contribution < -0.4 is 15.5 Å². The highest BCUT2D eigenvalue weighted by Crippen LogP contribution is 2.17. The number of likely N-dealkylation sites (N-methyl/N-ethyl adjacent to an activating group) is 1. The number of carbonyl (C=O) groups excluding carboxylic acids is 1. The average molecular weight is 277 g/mol. The molecule has 1 fully saturated rings. The van der Waals surface area contributed by atoms with Crippen LogP contribution in [0.5, 0.6) is 0 Å². The maximum atomic E-state index is 12.2. The number of rotatable bonds is 4. The number of piperazine rings is 1. The highest BCUT2D eigenvalue weighted by atomic mass is 16.2. The molecule has 1 atom stereocenters. The summed E-state index contributed by atoms with van der Waals surface area (Å²) in [6, 6.07) is 1.78. The lowest BCUT2D eigenvalue weighted by molar-refractivity contribution is -0.122. The Bertz CT molecular complexity index is 477. The van der Waals surface area contributed by atoms with Gasteiger partial charge in [-0.05, 0) is 20.3 Å². The van der Waals surface area contributed by atoms with Gasteiger partial charge in [0.15, 0.2) is 0 Å². The van der Waals surface area contributed by atoms with Gasteiger partial charge < -0.3 is 15.5 Å². The molecule has 1 aliphatic rings. The monoisotopic (exact) mass is 277 g/mol. The SMILES string of the molecule is CCNC(=O)C1CNCCN1c1cc(CC)nc(C)n1. The van der Waals surface area contributed by atoms with E-state index in [1.165, 1.54) is 0 Å². The van der Waals surface area contributed by atoms with Crippen molar-refractivity contribution in [3.05, 3.63) is 17.6 Å². The third kappa shape index (κ3) is 3.25. The summed E-state index contributed by atoms with van der Waals surface area (Å²) in [6.45, 7) is 8.84. The Kier molecular flexibility index (Phi) is 4.89. The van der Waals surface area contributed by atoms with Crippen LogP contribution in [0.2, 0.25) is 0 Å². The molecular formula is C14H23N5O. The van der Waals surface area contributed by atoms with Gasteiger partial charge in [0, 0.05) is 37.9 Å². The van der Waals surface area contributed by atoms with Crippen LogP contribution in [-0.4, -0.2) is 48.1 Å². The second kappa shape index (κ2) is 6.65. The maximum Gasteiger partial charge on any atom is 0.244 e. The van der Waals surface area contributed by atoms with Gasteiger partial charge >= 0.3 is 0 Å². The fraction of sp³-hybridized carbons (Fsp3) is 0.643. The summed E-state index contributed by atoms with van der Waals surface area (Å²) in [5, 5.41) is 6.17. The zero-order chi connectivity index (χ0) is 14.5. The Morgan fingerprint density at radius 1 is 1.50 bits per heavy atom. The Labute approximate surface area is 120 Å². The predicted molar refractivity (Wildman–Crippen MR) is 78.8 cm³/mol. The number of nitrogens with zero attached hydrogens (tertiary/aromatic N) is 3. The van der Waals surface area contributed by atoms with E-state index in [0.717, 1.165) is 36.8 Å². The summed E-state index contributed by atoms with van der Waals surface area (Å²) in [4.78, 5) is 23.2. The third-order valence-electron chi connectivity index (χ3n) is 3.43. The van der Waals surface area contributed by atoms with Crippen molar-refractivity contribution in [2.75, 3.05) is 31.1 Å². The average Bonchev–Trinajstić information content (AvgIpc) is 2.46. The number of hydrogen-bond donors (Lipinski definition) is 2. The number of amides is 1. The molecule has 0 radical (unpaired) electrons. The molecule has 2 heterocycles. The number of carbonyl (C=O) groups is 1. The van der Waals surface area contributed by atoms with E-state index < -0.39 is 0 Å². The molecule has 1 unspecified atom stereocenters. The molecule has 2 rings (SSSR count). The fourth-order valence-corrected chi connectivity index (χ4v) is 2.45. The second-order valence-corrected chi connectivity index (χ2v) is 4.93. The molecule has 110 valence electrons. The molecule has 2 N–H and O–H groups in total. The van der Waals surface area contributed by atoms with Gasteiger partial charge in [-0.15, -0.1) is 0 Å². The summed E-state index contributed by atoms with van der Waals surface area (Å²) in [7, 11) is 0. The van der Waals surface area contributed by atoms with Crippen molar-refractivity contribution in [1.29, 1.82) is 0 Å². The number of aromatic nitrogens is 2. The van der Waals surface area contributed by atoms with Gasteiger partial charge in [0.2, 0.25) is 5.91 Å². The maximum absolute atomic E-state index is 12.2. The molecule has 1 amide bonds. The number of aryl methyl sites for hydroxylation is 2. The quantitative estimate of drug-likeness (QED) is 0.826. The predicted octanol–water partition coefficient (Wildman–Crippen LogP) is 0.262. The van der Waals surface area contributed by atoms with Crippen molar-refractivity contribution < 1.29 is 4.79 Å². The summed E-state index contributed by atoms with van der Waals surface area (Å²) >= 11 is 0. The van der Waals surface area contributed by atoms with Crippen molar-refractivity contribution in [3.63, 3.8) is 0 Å². The minimum atomic E-state index is -0.206. The van der Waals surface area contributed by atoms with Gasteiger partial charge in [-0.1, -0.05) is 6.92 Å². The Morgan fingerprint density at radius 3 is 3.00 bits per heavy atom. The lowest BCUT2D eigenvalue weighted by Gasteiger charge is -2.36. The van der Waals surface area contributed by atoms with E-state index in [1.54, 1.807) is 0 Å². The van der Waals surface area contributed by atoms with Crippen LogP contribution in [-0.2, 0) is 11.2 Å². The Morgan fingerprint density at radius 2 is 2.30 bits per heavy atom. The van der Waals surface area contributed by atoms with E-state index in [-0.39, 0.29) is 11.9 Å². The minimum Gasteiger partial charge on any atom is -0.355 e. The summed E-state index contributed by atoms with van der Waals surface area (Å²) < 4.78 is 0. The highest BCUT2D eigenvalue weighted by Gasteiger charge is 2.29. The van der Waals surface area contributed by atoms with Crippen molar-refractivity contribution in [2.24, 2.45) is 0 Å². The fourth-order valence-electron chi connectivity index (χ4n) is 2.45. The molecule has 0 spiro atoms. The van der Waals surface area contributed by atoms with Crippen molar-refractivity contribution in [1.82, 2.24) is 20.6 Å². The molecule has 20 heavy (non-hydrogen) atoms. The molecule has 0 bridgehead atoms. The molecule has 6 nitrogen and oxygen atoms in total. The van der Waals surface area contributed by atoms with E-state index in [4.69, 9.17) is 0 Å². The molecule has 1 aromatic heterocycles. The second-order valence-electron chi connectivity index (χ2n) is 4.93. The molecule has 6 heteroatoms. The summed E-state index contributed by atoms with van der Waals surface area (Å²) in [5.41, 5.74) is 1.01. The van der Waals surface area contributed by atoms with Crippen LogP contribution >= 0.6 is 0 Å². The zero-order valence-electron chi connectivity index (χ0n) is 12.4. The molecule has 1 aliphatic heterocycles. The normalized spacial score (nSPS) is 18.9. The number of anilines is 1. The Balaban J connectivity index is 2.27. The van der Waals surface area contributed by atoms with Gasteiger partial charge in [-0.25, -0.2) is 9.97 Å². The van der Waals surface area contributed by atoms with E-state index in [2.05, 4.69) is 32.4 Å². The van der Waals surface area contributed by atoms with Crippen LogP contribution in [0.1, 0.15) is 25.4 Å². The summed E-state index contributed by atoms with van der Waals surface area (Å²) in [6.07, 6.45) is 0.869. The topological polar surface area (TPSA) is 70.2 Å². The standard InChI is InChI=1S/C14H23N5O/c1-4-11-8-13(18-10(3)17-11)19-7-6-15-9-12(19)14(20)16-5-2/h8,12,15H,4-7,9H2,1-3H3,(H,16,20). The van der Waals surface area contributed by atoms with Crippen molar-refractivity contribution in [3.8, 4) is 0 Å². The van der Waals surface area contributed by atoms with Gasteiger partial charge in [0.05, 0.1) is 0 Å². The number of hydrogen-bond acceptors (Lipinski definition) is 5. The van der Waals surface area contributed by atoms with Gasteiger partial charge in [-0.2, -0.15) is 0 Å². The zero-order valence-corrected chi connectivity index (χ0v) is 12.4. The van der Waals surface area contributed by atoms with E-state index >= 15 is 0 Å². The molecule has 0 saturated carbocycles. The number of nitrogens with one attached hydrogen (secondary N) is 2. The first-order valence-electron chi connectivity index (χ1n) is 7.25. The van der Waals surface area contributed by atoms with Crippen molar-refractivity contribution >= 4 is 11.7 Å². The van der Waals surface area contributed by atoms with Crippen LogP contribution in [0.4, 0.5) is 5.82 Å². The molecule has 0 aliphatic carbocycles. The third-order valence-corrected chi connectivity index (χ3v) is 3.43. The molecule has 1 saturated heterocycles. The van der Waals surface area contributed by atoms with E-state index in [1.807, 2.05) is 19.9 Å². The van der Waals surface area contributed by atoms with Crippen LogP contribution in [0.25, 0.3) is 0 Å².